The van der Waals surface area contributed by atoms with Crippen molar-refractivity contribution >= 4 is 21.7 Å². The van der Waals surface area contributed by atoms with E-state index in [1.165, 1.54) is 38.4 Å². The fraction of sp³-hybridized carbons (Fsp3) is 0.250. The minimum atomic E-state index is -0.118. The molecule has 1 aliphatic carbocycles. The highest BCUT2D eigenvalue weighted by molar-refractivity contribution is 6.04. The Morgan fingerprint density at radius 3 is 2.62 bits per heavy atom. The maximum absolute atomic E-state index is 4.91. The molecule has 1 aliphatic rings. The van der Waals surface area contributed by atoms with Crippen LogP contribution in [0.3, 0.4) is 0 Å². The van der Waals surface area contributed by atoms with Crippen molar-refractivity contribution in [2.24, 2.45) is 0 Å². The molecule has 0 radical (unpaired) electrons. The minimum Gasteiger partial charge on any atom is -0.256 e. The molecule has 2 heteroatoms. The zero-order valence-corrected chi connectivity index (χ0v) is 15.7. The lowest BCUT2D eigenvalue weighted by Gasteiger charge is -2.35. The molecular weight excluding hydrogens is 316 g/mol. The fourth-order valence-electron chi connectivity index (χ4n) is 4.48. The average molecular weight is 338 g/mol. The van der Waals surface area contributed by atoms with Crippen LogP contribution in [0.4, 0.5) is 0 Å². The van der Waals surface area contributed by atoms with Gasteiger partial charge >= 0.3 is 0 Å². The van der Waals surface area contributed by atoms with Gasteiger partial charge in [-0.15, -0.1) is 0 Å². The number of rotatable bonds is 1. The Balaban J connectivity index is 1.98. The standard InChI is InChI=1S/C24H22N2/c1-14(2)15-8-9-16-13-26-23-17-10-11-25-20-7-5-6-19(21(17)20)24(3,4)22(23)18(16)12-15/h5-14H,1-4H3. The summed E-state index contributed by atoms with van der Waals surface area (Å²) in [6, 6.07) is 15.4. The van der Waals surface area contributed by atoms with Gasteiger partial charge in [-0.25, -0.2) is 0 Å². The molecule has 2 heterocycles. The van der Waals surface area contributed by atoms with E-state index in [0.29, 0.717) is 5.92 Å². The summed E-state index contributed by atoms with van der Waals surface area (Å²) in [7, 11) is 0. The molecular formula is C24H22N2. The number of benzene rings is 2. The molecule has 2 nitrogen and oxygen atoms in total. The summed E-state index contributed by atoms with van der Waals surface area (Å²) in [5, 5.41) is 3.79. The molecule has 0 aliphatic heterocycles. The Bertz CT molecular complexity index is 1180. The smallest absolute Gasteiger partial charge is 0.0756 e. The molecule has 26 heavy (non-hydrogen) atoms. The molecule has 0 amide bonds. The lowest BCUT2D eigenvalue weighted by atomic mass is 9.69. The van der Waals surface area contributed by atoms with Crippen molar-refractivity contribution in [3.8, 4) is 11.3 Å². The maximum Gasteiger partial charge on any atom is 0.0756 e. The van der Waals surface area contributed by atoms with Crippen molar-refractivity contribution in [3.05, 3.63) is 71.5 Å². The maximum atomic E-state index is 4.91. The Kier molecular flexibility index (Phi) is 3.06. The van der Waals surface area contributed by atoms with Crippen molar-refractivity contribution in [3.63, 3.8) is 0 Å². The first-order chi connectivity index (χ1) is 12.5. The van der Waals surface area contributed by atoms with Crippen molar-refractivity contribution < 1.29 is 0 Å². The first-order valence-electron chi connectivity index (χ1n) is 9.30. The van der Waals surface area contributed by atoms with Crippen LogP contribution in [0.25, 0.3) is 32.9 Å². The molecule has 0 atom stereocenters. The van der Waals surface area contributed by atoms with Gasteiger partial charge < -0.3 is 0 Å². The molecule has 5 rings (SSSR count). The summed E-state index contributed by atoms with van der Waals surface area (Å²) in [6.45, 7) is 9.14. The lowest BCUT2D eigenvalue weighted by molar-refractivity contribution is 0.648. The number of hydrogen-bond acceptors (Lipinski definition) is 2. The van der Waals surface area contributed by atoms with E-state index in [0.717, 1.165) is 11.2 Å². The minimum absolute atomic E-state index is 0.118. The van der Waals surface area contributed by atoms with Crippen molar-refractivity contribution in [1.82, 2.24) is 9.97 Å². The van der Waals surface area contributed by atoms with Gasteiger partial charge in [0.05, 0.1) is 11.2 Å². The van der Waals surface area contributed by atoms with Crippen molar-refractivity contribution in [2.45, 2.75) is 39.0 Å². The van der Waals surface area contributed by atoms with Gasteiger partial charge in [0.1, 0.15) is 0 Å². The molecule has 0 saturated carbocycles. The average Bonchev–Trinajstić information content (AvgIpc) is 2.64. The van der Waals surface area contributed by atoms with Gasteiger partial charge in [-0.05, 0) is 40.1 Å². The van der Waals surface area contributed by atoms with E-state index in [9.17, 15) is 0 Å². The van der Waals surface area contributed by atoms with Crippen LogP contribution < -0.4 is 0 Å². The Labute approximate surface area is 153 Å². The van der Waals surface area contributed by atoms with E-state index in [4.69, 9.17) is 4.98 Å². The normalized spacial score (nSPS) is 14.8. The van der Waals surface area contributed by atoms with Crippen LogP contribution in [-0.2, 0) is 5.41 Å². The summed E-state index contributed by atoms with van der Waals surface area (Å²) in [6.07, 6.45) is 3.93. The molecule has 0 N–H and O–H groups in total. The van der Waals surface area contributed by atoms with Gasteiger partial charge in [-0.3, -0.25) is 9.97 Å². The topological polar surface area (TPSA) is 25.8 Å². The van der Waals surface area contributed by atoms with Crippen LogP contribution in [-0.4, -0.2) is 9.97 Å². The van der Waals surface area contributed by atoms with Gasteiger partial charge in [0.25, 0.3) is 0 Å². The van der Waals surface area contributed by atoms with Gasteiger partial charge in [-0.2, -0.15) is 0 Å². The van der Waals surface area contributed by atoms with Gasteiger partial charge in [0.15, 0.2) is 0 Å². The number of hydrogen-bond donors (Lipinski definition) is 0. The first kappa shape index (κ1) is 15.5. The van der Waals surface area contributed by atoms with E-state index in [1.807, 2.05) is 12.4 Å². The van der Waals surface area contributed by atoms with Crippen LogP contribution in [0.15, 0.2) is 54.9 Å². The quantitative estimate of drug-likeness (QED) is 0.412. The molecule has 4 aromatic rings. The Hall–Kier alpha value is -2.74. The van der Waals surface area contributed by atoms with Gasteiger partial charge in [-0.1, -0.05) is 58.0 Å². The highest BCUT2D eigenvalue weighted by Crippen LogP contribution is 2.49. The highest BCUT2D eigenvalue weighted by atomic mass is 14.7. The first-order valence-corrected chi connectivity index (χ1v) is 9.30. The van der Waals surface area contributed by atoms with Crippen LogP contribution in [0, 0.1) is 0 Å². The SMILES string of the molecule is CC(C)c1ccc2cnc3c(c2c1)C(C)(C)c1cccc2nccc-3c12. The Morgan fingerprint density at radius 2 is 1.81 bits per heavy atom. The highest BCUT2D eigenvalue weighted by Gasteiger charge is 2.35. The van der Waals surface area contributed by atoms with Crippen LogP contribution in [0.1, 0.15) is 50.3 Å². The third-order valence-electron chi connectivity index (χ3n) is 5.90. The number of fused-ring (bicyclic) bond motifs is 4. The lowest BCUT2D eigenvalue weighted by Crippen LogP contribution is -2.25. The zero-order chi connectivity index (χ0) is 18.1. The molecule has 0 spiro atoms. The van der Waals surface area contributed by atoms with Gasteiger partial charge in [0.2, 0.25) is 0 Å². The summed E-state index contributed by atoms with van der Waals surface area (Å²) >= 11 is 0. The predicted molar refractivity (Wildman–Crippen MR) is 109 cm³/mol. The molecule has 0 saturated heterocycles. The van der Waals surface area contributed by atoms with Crippen LogP contribution in [0.2, 0.25) is 0 Å². The van der Waals surface area contributed by atoms with Gasteiger partial charge in [0, 0.05) is 34.1 Å². The second-order valence-corrected chi connectivity index (χ2v) is 8.17. The monoisotopic (exact) mass is 338 g/mol. The molecule has 2 aromatic heterocycles. The van der Waals surface area contributed by atoms with Crippen molar-refractivity contribution in [1.29, 1.82) is 0 Å². The molecule has 0 unspecified atom stereocenters. The molecule has 0 fully saturated rings. The van der Waals surface area contributed by atoms with E-state index in [1.54, 1.807) is 0 Å². The van der Waals surface area contributed by atoms with E-state index in [2.05, 4.69) is 75.1 Å². The fourth-order valence-corrected chi connectivity index (χ4v) is 4.48. The number of nitrogens with zero attached hydrogens (tertiary/aromatic N) is 2. The Morgan fingerprint density at radius 1 is 0.962 bits per heavy atom. The summed E-state index contributed by atoms with van der Waals surface area (Å²) < 4.78 is 0. The summed E-state index contributed by atoms with van der Waals surface area (Å²) in [5.74, 6) is 0.509. The van der Waals surface area contributed by atoms with Crippen LogP contribution >= 0.6 is 0 Å². The van der Waals surface area contributed by atoms with E-state index in [-0.39, 0.29) is 5.41 Å². The second kappa shape index (κ2) is 5.14. The summed E-state index contributed by atoms with van der Waals surface area (Å²) in [5.41, 5.74) is 7.30. The predicted octanol–water partition coefficient (Wildman–Crippen LogP) is 6.21. The number of aromatic nitrogens is 2. The van der Waals surface area contributed by atoms with Crippen molar-refractivity contribution in [2.75, 3.05) is 0 Å². The molecule has 2 aromatic carbocycles. The third kappa shape index (κ3) is 1.93. The third-order valence-corrected chi connectivity index (χ3v) is 5.90. The second-order valence-electron chi connectivity index (χ2n) is 8.17. The largest absolute Gasteiger partial charge is 0.256 e. The zero-order valence-electron chi connectivity index (χ0n) is 15.7. The van der Waals surface area contributed by atoms with Crippen LogP contribution in [0.5, 0.6) is 0 Å². The number of pyridine rings is 2. The molecule has 128 valence electrons. The summed E-state index contributed by atoms with van der Waals surface area (Å²) in [4.78, 5) is 9.51. The van der Waals surface area contributed by atoms with E-state index >= 15 is 0 Å². The van der Waals surface area contributed by atoms with E-state index < -0.39 is 0 Å². The molecule has 0 bridgehead atoms.